The summed E-state index contributed by atoms with van der Waals surface area (Å²) in [5, 5.41) is 13.6. The van der Waals surface area contributed by atoms with E-state index in [-0.39, 0.29) is 18.2 Å². The Balaban J connectivity index is 1.66. The average Bonchev–Trinajstić information content (AvgIpc) is 3.35. The SMILES string of the molecule is CC(=O)O[C@@H]1CCc2c(-c3noc(-c4ccc(OC(C)C)c(C#N)c4)n3)cccc21. The molecule has 0 aliphatic heterocycles. The fourth-order valence-corrected chi connectivity index (χ4v) is 3.71. The zero-order valence-electron chi connectivity index (χ0n) is 17.0. The molecule has 0 saturated heterocycles. The molecule has 0 amide bonds. The Labute approximate surface area is 174 Å². The number of benzene rings is 2. The number of nitriles is 1. The molecule has 0 spiro atoms. The molecule has 4 rings (SSSR count). The summed E-state index contributed by atoms with van der Waals surface area (Å²) in [6.07, 6.45) is 1.23. The van der Waals surface area contributed by atoms with Crippen molar-refractivity contribution in [1.29, 1.82) is 5.26 Å². The number of rotatable bonds is 5. The fourth-order valence-electron chi connectivity index (χ4n) is 3.71. The lowest BCUT2D eigenvalue weighted by Gasteiger charge is -2.12. The van der Waals surface area contributed by atoms with Crippen LogP contribution in [0.3, 0.4) is 0 Å². The number of hydrogen-bond donors (Lipinski definition) is 0. The standard InChI is InChI=1S/C23H21N3O4/c1-13(2)28-20-9-7-15(11-16(20)12-24)23-25-22(26-30-23)19-6-4-5-18-17(19)8-10-21(18)29-14(3)27/h4-7,9,11,13,21H,8,10H2,1-3H3/t21-/m1/s1. The van der Waals surface area contributed by atoms with Gasteiger partial charge in [0, 0.05) is 18.1 Å². The largest absolute Gasteiger partial charge is 0.490 e. The van der Waals surface area contributed by atoms with E-state index < -0.39 is 0 Å². The number of nitrogens with zero attached hydrogens (tertiary/aromatic N) is 3. The van der Waals surface area contributed by atoms with Crippen LogP contribution in [0.25, 0.3) is 22.8 Å². The molecule has 7 heteroatoms. The maximum atomic E-state index is 11.4. The number of esters is 1. The lowest BCUT2D eigenvalue weighted by molar-refractivity contribution is -0.146. The molecule has 3 aromatic rings. The van der Waals surface area contributed by atoms with Crippen LogP contribution in [0.5, 0.6) is 5.75 Å². The van der Waals surface area contributed by atoms with Crippen LogP contribution in [0.1, 0.15) is 50.0 Å². The molecule has 1 aromatic heterocycles. The van der Waals surface area contributed by atoms with Crippen LogP contribution in [0, 0.1) is 11.3 Å². The molecule has 0 N–H and O–H groups in total. The maximum Gasteiger partial charge on any atom is 0.303 e. The molecule has 0 bridgehead atoms. The second kappa shape index (κ2) is 7.99. The summed E-state index contributed by atoms with van der Waals surface area (Å²) in [5.41, 5.74) is 3.96. The number of fused-ring (bicyclic) bond motifs is 1. The van der Waals surface area contributed by atoms with E-state index in [1.807, 2.05) is 32.0 Å². The fraction of sp³-hybridized carbons (Fsp3) is 0.304. The smallest absolute Gasteiger partial charge is 0.303 e. The van der Waals surface area contributed by atoms with Gasteiger partial charge in [-0.3, -0.25) is 4.79 Å². The van der Waals surface area contributed by atoms with Gasteiger partial charge in [-0.2, -0.15) is 10.2 Å². The highest BCUT2D eigenvalue weighted by Gasteiger charge is 2.28. The molecule has 1 atom stereocenters. The van der Waals surface area contributed by atoms with Crippen molar-refractivity contribution in [3.63, 3.8) is 0 Å². The van der Waals surface area contributed by atoms with Gasteiger partial charge in [0.2, 0.25) is 5.82 Å². The summed E-state index contributed by atoms with van der Waals surface area (Å²) in [4.78, 5) is 15.9. The van der Waals surface area contributed by atoms with Crippen LogP contribution in [-0.4, -0.2) is 22.2 Å². The van der Waals surface area contributed by atoms with Crippen LogP contribution in [-0.2, 0) is 16.0 Å². The van der Waals surface area contributed by atoms with Gasteiger partial charge in [0.15, 0.2) is 0 Å². The molecule has 0 unspecified atom stereocenters. The Morgan fingerprint density at radius 3 is 2.87 bits per heavy atom. The molecular formula is C23H21N3O4. The van der Waals surface area contributed by atoms with E-state index in [1.54, 1.807) is 18.2 Å². The number of carbonyl (C=O) groups is 1. The Hall–Kier alpha value is -3.66. The van der Waals surface area contributed by atoms with Gasteiger partial charge in [-0.25, -0.2) is 0 Å². The minimum absolute atomic E-state index is 0.0334. The monoisotopic (exact) mass is 403 g/mol. The van der Waals surface area contributed by atoms with Gasteiger partial charge in [-0.05, 0) is 56.0 Å². The van der Waals surface area contributed by atoms with E-state index >= 15 is 0 Å². The zero-order valence-corrected chi connectivity index (χ0v) is 17.0. The van der Waals surface area contributed by atoms with Crippen LogP contribution in [0.4, 0.5) is 0 Å². The molecule has 1 heterocycles. The van der Waals surface area contributed by atoms with E-state index in [2.05, 4.69) is 16.2 Å². The van der Waals surface area contributed by atoms with Gasteiger partial charge in [0.25, 0.3) is 5.89 Å². The second-order valence-corrected chi connectivity index (χ2v) is 7.42. The van der Waals surface area contributed by atoms with E-state index in [4.69, 9.17) is 14.0 Å². The topological polar surface area (TPSA) is 98.2 Å². The summed E-state index contributed by atoms with van der Waals surface area (Å²) < 4.78 is 16.6. The van der Waals surface area contributed by atoms with Crippen LogP contribution < -0.4 is 4.74 Å². The summed E-state index contributed by atoms with van der Waals surface area (Å²) in [6, 6.07) is 13.2. The molecule has 1 aliphatic carbocycles. The van der Waals surface area contributed by atoms with Gasteiger partial charge < -0.3 is 14.0 Å². The van der Waals surface area contributed by atoms with Crippen LogP contribution in [0.2, 0.25) is 0 Å². The van der Waals surface area contributed by atoms with E-state index in [0.717, 1.165) is 29.5 Å². The summed E-state index contributed by atoms with van der Waals surface area (Å²) in [7, 11) is 0. The first-order chi connectivity index (χ1) is 14.5. The van der Waals surface area contributed by atoms with E-state index in [0.29, 0.717) is 28.6 Å². The van der Waals surface area contributed by atoms with Crippen molar-refractivity contribution in [1.82, 2.24) is 10.1 Å². The molecule has 0 fully saturated rings. The third-order valence-electron chi connectivity index (χ3n) is 4.90. The predicted molar refractivity (Wildman–Crippen MR) is 108 cm³/mol. The Morgan fingerprint density at radius 1 is 1.30 bits per heavy atom. The summed E-state index contributed by atoms with van der Waals surface area (Å²) >= 11 is 0. The van der Waals surface area contributed by atoms with Gasteiger partial charge in [0.05, 0.1) is 11.7 Å². The van der Waals surface area contributed by atoms with E-state index in [9.17, 15) is 10.1 Å². The molecule has 30 heavy (non-hydrogen) atoms. The Bertz CT molecular complexity index is 1140. The quantitative estimate of drug-likeness (QED) is 0.574. The third kappa shape index (κ3) is 3.77. The van der Waals surface area contributed by atoms with Crippen molar-refractivity contribution in [2.45, 2.75) is 45.8 Å². The Kier molecular flexibility index (Phi) is 5.23. The van der Waals surface area contributed by atoms with Gasteiger partial charge in [-0.1, -0.05) is 23.4 Å². The third-order valence-corrected chi connectivity index (χ3v) is 4.90. The van der Waals surface area contributed by atoms with Crippen molar-refractivity contribution in [3.05, 3.63) is 53.1 Å². The number of ether oxygens (including phenoxy) is 2. The van der Waals surface area contributed by atoms with Crippen LogP contribution >= 0.6 is 0 Å². The first kappa shape index (κ1) is 19.6. The summed E-state index contributed by atoms with van der Waals surface area (Å²) in [5.74, 6) is 1.02. The highest BCUT2D eigenvalue weighted by molar-refractivity contribution is 5.69. The van der Waals surface area contributed by atoms with Gasteiger partial charge >= 0.3 is 5.97 Å². The predicted octanol–water partition coefficient (Wildman–Crippen LogP) is 4.61. The van der Waals surface area contributed by atoms with Crippen molar-refractivity contribution >= 4 is 5.97 Å². The Morgan fingerprint density at radius 2 is 2.13 bits per heavy atom. The molecule has 0 saturated carbocycles. The lowest BCUT2D eigenvalue weighted by Crippen LogP contribution is -2.06. The van der Waals surface area contributed by atoms with Crippen molar-refractivity contribution < 1.29 is 18.8 Å². The van der Waals surface area contributed by atoms with Crippen molar-refractivity contribution in [2.24, 2.45) is 0 Å². The number of aromatic nitrogens is 2. The molecule has 1 aliphatic rings. The van der Waals surface area contributed by atoms with Crippen molar-refractivity contribution in [2.75, 3.05) is 0 Å². The molecule has 152 valence electrons. The molecule has 0 radical (unpaired) electrons. The number of carbonyl (C=O) groups excluding carboxylic acids is 1. The highest BCUT2D eigenvalue weighted by Crippen LogP contribution is 2.39. The molecular weight excluding hydrogens is 382 g/mol. The minimum atomic E-state index is -0.293. The minimum Gasteiger partial charge on any atom is -0.490 e. The van der Waals surface area contributed by atoms with Gasteiger partial charge in [0.1, 0.15) is 17.9 Å². The molecule has 2 aromatic carbocycles. The number of hydrogen-bond acceptors (Lipinski definition) is 7. The van der Waals surface area contributed by atoms with Crippen molar-refractivity contribution in [3.8, 4) is 34.7 Å². The first-order valence-corrected chi connectivity index (χ1v) is 9.80. The highest BCUT2D eigenvalue weighted by atomic mass is 16.5. The zero-order chi connectivity index (χ0) is 21.3. The normalized spacial score (nSPS) is 15.0. The second-order valence-electron chi connectivity index (χ2n) is 7.42. The molecule has 7 nitrogen and oxygen atoms in total. The van der Waals surface area contributed by atoms with Gasteiger partial charge in [-0.15, -0.1) is 0 Å². The maximum absolute atomic E-state index is 11.4. The first-order valence-electron chi connectivity index (χ1n) is 9.80. The van der Waals surface area contributed by atoms with E-state index in [1.165, 1.54) is 6.92 Å². The lowest BCUT2D eigenvalue weighted by atomic mass is 10.0. The van der Waals surface area contributed by atoms with Crippen LogP contribution in [0.15, 0.2) is 40.9 Å². The summed E-state index contributed by atoms with van der Waals surface area (Å²) in [6.45, 7) is 5.23. The average molecular weight is 403 g/mol.